The Bertz CT molecular complexity index is 764. The second-order valence-electron chi connectivity index (χ2n) is 6.23. The number of hydrogen-bond donors (Lipinski definition) is 0. The van der Waals surface area contributed by atoms with Crippen LogP contribution < -0.4 is 9.64 Å². The number of carbonyl (C=O) groups excluding carboxylic acids is 2. The summed E-state index contributed by atoms with van der Waals surface area (Å²) >= 11 is 0. The summed E-state index contributed by atoms with van der Waals surface area (Å²) in [6.07, 6.45) is 4.65. The average Bonchev–Trinajstić information content (AvgIpc) is 2.67. The number of ether oxygens (including phenoxy) is 1. The molecule has 0 atom stereocenters. The minimum Gasteiger partial charge on any atom is -0.482 e. The SMILES string of the molecule is CCCN(Cc1cccnc1)C(=O)CCN1C(=O)COc2ccccc21. The van der Waals surface area contributed by atoms with Gasteiger partial charge in [0, 0.05) is 38.4 Å². The van der Waals surface area contributed by atoms with Crippen molar-refractivity contribution in [3.63, 3.8) is 0 Å². The van der Waals surface area contributed by atoms with Gasteiger partial charge in [-0.25, -0.2) is 0 Å². The molecule has 1 aliphatic heterocycles. The Balaban J connectivity index is 1.65. The molecule has 0 radical (unpaired) electrons. The molecule has 0 bridgehead atoms. The number of carbonyl (C=O) groups is 2. The molecule has 2 amide bonds. The number of fused-ring (bicyclic) bond motifs is 1. The molecule has 136 valence electrons. The predicted octanol–water partition coefficient (Wildman–Crippen LogP) is 2.64. The second kappa shape index (κ2) is 8.47. The monoisotopic (exact) mass is 353 g/mol. The molecule has 0 unspecified atom stereocenters. The Morgan fingerprint density at radius 2 is 2.12 bits per heavy atom. The number of rotatable bonds is 7. The van der Waals surface area contributed by atoms with E-state index in [-0.39, 0.29) is 24.8 Å². The van der Waals surface area contributed by atoms with Gasteiger partial charge in [0.2, 0.25) is 5.91 Å². The first-order chi connectivity index (χ1) is 12.7. The summed E-state index contributed by atoms with van der Waals surface area (Å²) in [5.41, 5.74) is 1.73. The topological polar surface area (TPSA) is 62.7 Å². The summed E-state index contributed by atoms with van der Waals surface area (Å²) in [5.74, 6) is 0.596. The number of benzene rings is 1. The lowest BCUT2D eigenvalue weighted by molar-refractivity contribution is -0.131. The zero-order chi connectivity index (χ0) is 18.4. The maximum Gasteiger partial charge on any atom is 0.265 e. The number of anilines is 1. The number of hydrogen-bond acceptors (Lipinski definition) is 4. The van der Waals surface area contributed by atoms with E-state index >= 15 is 0 Å². The minimum atomic E-state index is -0.120. The van der Waals surface area contributed by atoms with Crippen molar-refractivity contribution in [2.75, 3.05) is 24.6 Å². The molecule has 1 aromatic carbocycles. The van der Waals surface area contributed by atoms with Gasteiger partial charge in [-0.1, -0.05) is 25.1 Å². The average molecular weight is 353 g/mol. The summed E-state index contributed by atoms with van der Waals surface area (Å²) in [4.78, 5) is 32.5. The summed E-state index contributed by atoms with van der Waals surface area (Å²) in [6, 6.07) is 11.2. The number of amides is 2. The Labute approximate surface area is 153 Å². The molecule has 6 nitrogen and oxygen atoms in total. The van der Waals surface area contributed by atoms with E-state index in [4.69, 9.17) is 4.74 Å². The molecule has 0 spiro atoms. The lowest BCUT2D eigenvalue weighted by Crippen LogP contribution is -2.41. The van der Waals surface area contributed by atoms with Gasteiger partial charge >= 0.3 is 0 Å². The highest BCUT2D eigenvalue weighted by Gasteiger charge is 2.26. The minimum absolute atomic E-state index is 0.0135. The van der Waals surface area contributed by atoms with Crippen LogP contribution in [0.1, 0.15) is 25.3 Å². The molecule has 1 aromatic heterocycles. The Kier molecular flexibility index (Phi) is 5.84. The van der Waals surface area contributed by atoms with Crippen LogP contribution in [0.5, 0.6) is 5.75 Å². The van der Waals surface area contributed by atoms with E-state index in [9.17, 15) is 9.59 Å². The number of aromatic nitrogens is 1. The van der Waals surface area contributed by atoms with Crippen LogP contribution in [0.4, 0.5) is 5.69 Å². The van der Waals surface area contributed by atoms with Gasteiger partial charge in [-0.05, 0) is 30.2 Å². The quantitative estimate of drug-likeness (QED) is 0.768. The third-order valence-corrected chi connectivity index (χ3v) is 4.30. The lowest BCUT2D eigenvalue weighted by Gasteiger charge is -2.30. The molecule has 0 aliphatic carbocycles. The zero-order valence-electron chi connectivity index (χ0n) is 14.9. The largest absolute Gasteiger partial charge is 0.482 e. The van der Waals surface area contributed by atoms with Crippen molar-refractivity contribution < 1.29 is 14.3 Å². The Morgan fingerprint density at radius 3 is 2.88 bits per heavy atom. The van der Waals surface area contributed by atoms with Gasteiger partial charge in [-0.2, -0.15) is 0 Å². The van der Waals surface area contributed by atoms with E-state index in [1.807, 2.05) is 48.2 Å². The first kappa shape index (κ1) is 17.9. The molecular weight excluding hydrogens is 330 g/mol. The van der Waals surface area contributed by atoms with Gasteiger partial charge in [0.25, 0.3) is 5.91 Å². The van der Waals surface area contributed by atoms with Crippen molar-refractivity contribution in [3.8, 4) is 5.75 Å². The van der Waals surface area contributed by atoms with Crippen molar-refractivity contribution in [1.82, 2.24) is 9.88 Å². The molecule has 0 saturated heterocycles. The highest BCUT2D eigenvalue weighted by Crippen LogP contribution is 2.31. The van der Waals surface area contributed by atoms with E-state index in [1.54, 1.807) is 17.3 Å². The fraction of sp³-hybridized carbons (Fsp3) is 0.350. The van der Waals surface area contributed by atoms with Crippen LogP contribution in [-0.4, -0.2) is 41.4 Å². The molecule has 0 N–H and O–H groups in total. The van der Waals surface area contributed by atoms with Gasteiger partial charge < -0.3 is 14.5 Å². The first-order valence-corrected chi connectivity index (χ1v) is 8.88. The number of nitrogens with zero attached hydrogens (tertiary/aromatic N) is 3. The van der Waals surface area contributed by atoms with Crippen molar-refractivity contribution in [1.29, 1.82) is 0 Å². The van der Waals surface area contributed by atoms with E-state index in [1.165, 1.54) is 0 Å². The standard InChI is InChI=1S/C20H23N3O3/c1-2-11-22(14-16-6-5-10-21-13-16)19(24)9-12-23-17-7-3-4-8-18(17)26-15-20(23)25/h3-8,10,13H,2,9,11-12,14-15H2,1H3. The molecule has 3 rings (SSSR count). The van der Waals surface area contributed by atoms with Crippen LogP contribution in [0.15, 0.2) is 48.8 Å². The summed E-state index contributed by atoms with van der Waals surface area (Å²) in [6.45, 7) is 3.63. The maximum atomic E-state index is 12.7. The number of pyridine rings is 1. The summed E-state index contributed by atoms with van der Waals surface area (Å²) in [5, 5.41) is 0. The fourth-order valence-electron chi connectivity index (χ4n) is 3.04. The van der Waals surface area contributed by atoms with E-state index in [2.05, 4.69) is 4.98 Å². The highest BCUT2D eigenvalue weighted by atomic mass is 16.5. The molecule has 26 heavy (non-hydrogen) atoms. The van der Waals surface area contributed by atoms with E-state index in [0.717, 1.165) is 17.7 Å². The third kappa shape index (κ3) is 4.20. The van der Waals surface area contributed by atoms with Crippen LogP contribution in [0.25, 0.3) is 0 Å². The third-order valence-electron chi connectivity index (χ3n) is 4.30. The van der Waals surface area contributed by atoms with Gasteiger partial charge in [0.05, 0.1) is 5.69 Å². The normalized spacial score (nSPS) is 13.1. The summed E-state index contributed by atoms with van der Waals surface area (Å²) < 4.78 is 5.44. The highest BCUT2D eigenvalue weighted by molar-refractivity contribution is 5.98. The zero-order valence-corrected chi connectivity index (χ0v) is 14.9. The van der Waals surface area contributed by atoms with Crippen molar-refractivity contribution >= 4 is 17.5 Å². The molecule has 0 saturated carbocycles. The molecule has 0 fully saturated rings. The van der Waals surface area contributed by atoms with Crippen molar-refractivity contribution in [2.24, 2.45) is 0 Å². The first-order valence-electron chi connectivity index (χ1n) is 8.88. The molecule has 2 aromatic rings. The smallest absolute Gasteiger partial charge is 0.265 e. The van der Waals surface area contributed by atoms with Gasteiger partial charge in [0.15, 0.2) is 6.61 Å². The van der Waals surface area contributed by atoms with Crippen LogP contribution >= 0.6 is 0 Å². The second-order valence-corrected chi connectivity index (χ2v) is 6.23. The van der Waals surface area contributed by atoms with Crippen LogP contribution in [0.2, 0.25) is 0 Å². The number of para-hydroxylation sites is 2. The maximum absolute atomic E-state index is 12.7. The molecule has 1 aliphatic rings. The van der Waals surface area contributed by atoms with Crippen LogP contribution in [0, 0.1) is 0 Å². The predicted molar refractivity (Wildman–Crippen MR) is 98.9 cm³/mol. The van der Waals surface area contributed by atoms with E-state index in [0.29, 0.717) is 25.4 Å². The lowest BCUT2D eigenvalue weighted by atomic mass is 10.2. The molecule has 2 heterocycles. The van der Waals surface area contributed by atoms with Crippen molar-refractivity contribution in [3.05, 3.63) is 54.4 Å². The van der Waals surface area contributed by atoms with Crippen molar-refractivity contribution in [2.45, 2.75) is 26.3 Å². The molecule has 6 heteroatoms. The fourth-order valence-corrected chi connectivity index (χ4v) is 3.04. The Hall–Kier alpha value is -2.89. The van der Waals surface area contributed by atoms with Crippen LogP contribution in [0.3, 0.4) is 0 Å². The van der Waals surface area contributed by atoms with Gasteiger partial charge in [-0.3, -0.25) is 14.6 Å². The Morgan fingerprint density at radius 1 is 1.27 bits per heavy atom. The van der Waals surface area contributed by atoms with Crippen LogP contribution in [-0.2, 0) is 16.1 Å². The summed E-state index contributed by atoms with van der Waals surface area (Å²) in [7, 11) is 0. The van der Waals surface area contributed by atoms with Gasteiger partial charge in [0.1, 0.15) is 5.75 Å². The molecular formula is C20H23N3O3. The van der Waals surface area contributed by atoms with E-state index < -0.39 is 0 Å². The van der Waals surface area contributed by atoms with Gasteiger partial charge in [-0.15, -0.1) is 0 Å².